The van der Waals surface area contributed by atoms with Gasteiger partial charge >= 0.3 is 0 Å². The number of nitrogens with one attached hydrogen (secondary N) is 4. The maximum absolute atomic E-state index is 15.3. The molecule has 11 amide bonds. The van der Waals surface area contributed by atoms with Gasteiger partial charge in [0.15, 0.2) is 0 Å². The summed E-state index contributed by atoms with van der Waals surface area (Å²) in [5.74, 6) is -10.1. The molecule has 0 bridgehead atoms. The number of amides is 11. The fourth-order valence-corrected chi connectivity index (χ4v) is 12.7. The number of thioether (sulfide) groups is 1. The summed E-state index contributed by atoms with van der Waals surface area (Å²) in [4.78, 5) is 172. The quantitative estimate of drug-likeness (QED) is 0.0641. The van der Waals surface area contributed by atoms with Crippen molar-refractivity contribution < 1.29 is 68.1 Å². The standard InChI is InChI=1S/C67H121N11O14S/c1-25-27-30-43(13)55(80)54-59(84)70-46(26-2)61(86)76(22)51(37-93-32-29-28-31-79)64(89)75(21)50(36-67(16,17)92)58(83)71-52(41(9)10)65(90)72(18)47(33-38(3)4)57(82)68-44(14)56(81)69-45(15)60(85)73(19)48(34-39(5)6)62(87)74(20)49(35-40(7)8)63(88)77(23)53(42(11)12)66(91)78(54)24/h25,27,38-55,79-80,92H,26,28-37H2,1-24H3,(H,68,82)(H,69,81)(H,70,84)(H,71,83)/t43-,44+,45-,46+,47+,48+,49+,50+,51-,52+,53+,54+,55-/m1/s1. The van der Waals surface area contributed by atoms with Crippen LogP contribution in [0, 0.1) is 35.5 Å². The van der Waals surface area contributed by atoms with E-state index >= 15 is 28.8 Å². The minimum absolute atomic E-state index is 0.0336. The molecule has 7 N–H and O–H groups in total. The highest BCUT2D eigenvalue weighted by molar-refractivity contribution is 7.99. The molecule has 0 saturated carbocycles. The number of carbonyl (C=O) groups excluding carboxylic acids is 11. The largest absolute Gasteiger partial charge is 0.396 e. The molecule has 1 aliphatic rings. The lowest BCUT2D eigenvalue weighted by Crippen LogP contribution is -2.64. The van der Waals surface area contributed by atoms with Gasteiger partial charge in [-0.3, -0.25) is 52.7 Å². The van der Waals surface area contributed by atoms with Gasteiger partial charge in [-0.25, -0.2) is 0 Å². The Hall–Kier alpha value is -5.86. The highest BCUT2D eigenvalue weighted by Gasteiger charge is 2.47. The molecule has 0 aromatic carbocycles. The van der Waals surface area contributed by atoms with E-state index in [4.69, 9.17) is 0 Å². The molecule has 1 rings (SSSR count). The molecule has 534 valence electrons. The van der Waals surface area contributed by atoms with Crippen LogP contribution in [0.1, 0.15) is 169 Å². The van der Waals surface area contributed by atoms with Gasteiger partial charge in [0, 0.05) is 68.1 Å². The number of hydrogen-bond donors (Lipinski definition) is 7. The van der Waals surface area contributed by atoms with Gasteiger partial charge in [0.25, 0.3) is 0 Å². The maximum atomic E-state index is 15.3. The van der Waals surface area contributed by atoms with Gasteiger partial charge in [-0.1, -0.05) is 95.2 Å². The van der Waals surface area contributed by atoms with E-state index in [1.807, 2.05) is 41.5 Å². The third kappa shape index (κ3) is 25.0. The number of rotatable bonds is 21. The van der Waals surface area contributed by atoms with Crippen molar-refractivity contribution in [2.45, 2.75) is 247 Å². The molecule has 93 heavy (non-hydrogen) atoms. The smallest absolute Gasteiger partial charge is 0.246 e. The van der Waals surface area contributed by atoms with E-state index in [1.165, 1.54) is 108 Å². The van der Waals surface area contributed by atoms with Crippen molar-refractivity contribution >= 4 is 76.7 Å². The normalized spacial score (nSPS) is 26.6. The molecule has 1 aliphatic heterocycles. The van der Waals surface area contributed by atoms with Crippen LogP contribution in [-0.4, -0.2) is 260 Å². The lowest BCUT2D eigenvalue weighted by atomic mass is 9.91. The third-order valence-corrected chi connectivity index (χ3v) is 18.5. The number of allylic oxidation sites excluding steroid dienone is 2. The number of carbonyl (C=O) groups is 11. The molecule has 25 nitrogen and oxygen atoms in total. The Kier molecular flexibility index (Phi) is 35.9. The second-order valence-electron chi connectivity index (χ2n) is 28.2. The van der Waals surface area contributed by atoms with Crippen molar-refractivity contribution in [3.05, 3.63) is 12.2 Å². The summed E-state index contributed by atoms with van der Waals surface area (Å²) in [6, 6.07) is -14.5. The SMILES string of the molecule is CC=CC[C@@H](C)[C@@H](O)[C@H]1C(=O)N[C@@H](CC)C(=O)N(C)[C@H](CSCCCCO)C(=O)N(C)[C@@H](CC(C)(C)O)C(=O)N[C@@H](C(C)C)C(=O)N(C)[C@@H](CC(C)C)C(=O)N[C@@H](C)C(=O)N[C@H](C)C(=O)N(C)[C@@H](CC(C)C)C(=O)N(C)[C@@H](CC(C)C)C(=O)N(C)[C@@H](C(C)C)C(=O)N1C. The van der Waals surface area contributed by atoms with Gasteiger partial charge in [-0.2, -0.15) is 11.8 Å². The fourth-order valence-electron chi connectivity index (χ4n) is 11.5. The van der Waals surface area contributed by atoms with Crippen molar-refractivity contribution in [1.82, 2.24) is 55.6 Å². The first-order valence-electron chi connectivity index (χ1n) is 33.3. The van der Waals surface area contributed by atoms with Crippen LogP contribution in [0.2, 0.25) is 0 Å². The minimum atomic E-state index is -1.67. The molecule has 0 radical (unpaired) electrons. The monoisotopic (exact) mass is 1340 g/mol. The third-order valence-electron chi connectivity index (χ3n) is 17.4. The van der Waals surface area contributed by atoms with Crippen molar-refractivity contribution in [3.8, 4) is 0 Å². The van der Waals surface area contributed by atoms with E-state index in [1.54, 1.807) is 60.6 Å². The van der Waals surface area contributed by atoms with Gasteiger partial charge in [0.2, 0.25) is 65.0 Å². The van der Waals surface area contributed by atoms with Crippen LogP contribution >= 0.6 is 11.8 Å². The van der Waals surface area contributed by atoms with Crippen LogP contribution in [0.25, 0.3) is 0 Å². The Bertz CT molecular complexity index is 2530. The summed E-state index contributed by atoms with van der Waals surface area (Å²) in [6.45, 7) is 28.7. The maximum Gasteiger partial charge on any atom is 0.246 e. The number of hydrogen-bond acceptors (Lipinski definition) is 15. The first-order chi connectivity index (χ1) is 43.0. The summed E-state index contributed by atoms with van der Waals surface area (Å²) in [5.41, 5.74) is -1.60. The Balaban J connectivity index is 4.56. The van der Waals surface area contributed by atoms with Gasteiger partial charge in [0.1, 0.15) is 66.5 Å². The molecule has 0 aromatic rings. The molecule has 13 atom stereocenters. The summed E-state index contributed by atoms with van der Waals surface area (Å²) < 4.78 is 0. The van der Waals surface area contributed by atoms with Gasteiger partial charge in [0.05, 0.1) is 11.7 Å². The van der Waals surface area contributed by atoms with E-state index < -0.39 is 161 Å². The molecular weight excluding hydrogens is 1210 g/mol. The van der Waals surface area contributed by atoms with Gasteiger partial charge in [-0.15, -0.1) is 0 Å². The van der Waals surface area contributed by atoms with Crippen molar-refractivity contribution in [2.24, 2.45) is 35.5 Å². The van der Waals surface area contributed by atoms with Gasteiger partial charge < -0.3 is 70.9 Å². The average Bonchev–Trinajstić information content (AvgIpc) is 0.853. The molecule has 1 heterocycles. The molecule has 1 fully saturated rings. The van der Waals surface area contributed by atoms with Crippen molar-refractivity contribution in [2.75, 3.05) is 67.4 Å². The zero-order chi connectivity index (χ0) is 72.0. The van der Waals surface area contributed by atoms with E-state index in [-0.39, 0.29) is 68.6 Å². The summed E-state index contributed by atoms with van der Waals surface area (Å²) in [6.07, 6.45) is 3.28. The second-order valence-corrected chi connectivity index (χ2v) is 29.4. The average molecular weight is 1340 g/mol. The van der Waals surface area contributed by atoms with Crippen LogP contribution in [0.4, 0.5) is 0 Å². The van der Waals surface area contributed by atoms with E-state index in [0.29, 0.717) is 18.6 Å². The highest BCUT2D eigenvalue weighted by Crippen LogP contribution is 2.27. The van der Waals surface area contributed by atoms with E-state index in [9.17, 15) is 39.3 Å². The van der Waals surface area contributed by atoms with E-state index in [0.717, 1.165) is 14.7 Å². The number of unbranched alkanes of at least 4 members (excludes halogenated alkanes) is 1. The van der Waals surface area contributed by atoms with Gasteiger partial charge in [-0.05, 0) is 121 Å². The highest BCUT2D eigenvalue weighted by atomic mass is 32.2. The van der Waals surface area contributed by atoms with Crippen LogP contribution in [-0.2, 0) is 52.7 Å². The first kappa shape index (κ1) is 85.2. The van der Waals surface area contributed by atoms with Crippen LogP contribution in [0.15, 0.2) is 12.2 Å². The van der Waals surface area contributed by atoms with Crippen LogP contribution in [0.5, 0.6) is 0 Å². The molecule has 0 aliphatic carbocycles. The fraction of sp³-hybridized carbons (Fsp3) is 0.806. The lowest BCUT2D eigenvalue weighted by Gasteiger charge is -2.41. The van der Waals surface area contributed by atoms with E-state index in [2.05, 4.69) is 21.3 Å². The molecule has 1 saturated heterocycles. The summed E-state index contributed by atoms with van der Waals surface area (Å²) >= 11 is 1.30. The number of nitrogens with zero attached hydrogens (tertiary/aromatic N) is 7. The van der Waals surface area contributed by atoms with Crippen LogP contribution < -0.4 is 21.3 Å². The molecule has 0 aromatic heterocycles. The summed E-state index contributed by atoms with van der Waals surface area (Å²) in [5, 5.41) is 44.2. The predicted octanol–water partition coefficient (Wildman–Crippen LogP) is 3.26. The summed E-state index contributed by atoms with van der Waals surface area (Å²) in [7, 11) is 9.77. The second kappa shape index (κ2) is 39.2. The Labute approximate surface area is 560 Å². The molecule has 26 heteroatoms. The molecule has 0 unspecified atom stereocenters. The zero-order valence-electron chi connectivity index (χ0n) is 60.7. The topological polar surface area (TPSA) is 319 Å². The molecule has 0 spiro atoms. The number of aliphatic hydroxyl groups is 3. The molecular formula is C67H121N11O14S. The zero-order valence-corrected chi connectivity index (χ0v) is 61.5. The lowest BCUT2D eigenvalue weighted by molar-refractivity contribution is -0.157. The van der Waals surface area contributed by atoms with Crippen molar-refractivity contribution in [1.29, 1.82) is 0 Å². The van der Waals surface area contributed by atoms with Crippen molar-refractivity contribution in [3.63, 3.8) is 0 Å². The number of aliphatic hydroxyl groups excluding tert-OH is 2. The first-order valence-corrected chi connectivity index (χ1v) is 34.4. The predicted molar refractivity (Wildman–Crippen MR) is 362 cm³/mol. The Morgan fingerprint density at radius 1 is 0.505 bits per heavy atom. The minimum Gasteiger partial charge on any atom is -0.396 e. The Morgan fingerprint density at radius 2 is 0.946 bits per heavy atom. The number of likely N-dealkylation sites (N-methyl/N-ethyl adjacent to an activating group) is 7. The van der Waals surface area contributed by atoms with Crippen LogP contribution in [0.3, 0.4) is 0 Å². The Morgan fingerprint density at radius 3 is 1.42 bits per heavy atom.